The van der Waals surface area contributed by atoms with Gasteiger partial charge in [-0.2, -0.15) is 0 Å². The van der Waals surface area contributed by atoms with Gasteiger partial charge in [-0.1, -0.05) is 24.3 Å². The summed E-state index contributed by atoms with van der Waals surface area (Å²) in [4.78, 5) is 43.8. The minimum atomic E-state index is -0.358. The predicted molar refractivity (Wildman–Crippen MR) is 109 cm³/mol. The Morgan fingerprint density at radius 1 is 1.07 bits per heavy atom. The molecule has 0 unspecified atom stereocenters. The molecule has 7 heteroatoms. The van der Waals surface area contributed by atoms with Crippen molar-refractivity contribution in [3.8, 4) is 0 Å². The van der Waals surface area contributed by atoms with Crippen molar-refractivity contribution in [3.63, 3.8) is 0 Å². The number of aryl methyl sites for hydroxylation is 1. The van der Waals surface area contributed by atoms with Gasteiger partial charge in [-0.05, 0) is 43.5 Å². The molecule has 2 amide bonds. The molecule has 0 saturated carbocycles. The van der Waals surface area contributed by atoms with Gasteiger partial charge in [0, 0.05) is 37.1 Å². The molecular weight excluding hydrogens is 368 g/mol. The Hall–Kier alpha value is -3.48. The number of piperidine rings is 1. The number of amides is 2. The number of likely N-dealkylation sites (tertiary alicyclic amines) is 1. The third-order valence-corrected chi connectivity index (χ3v) is 5.23. The van der Waals surface area contributed by atoms with Gasteiger partial charge in [0.15, 0.2) is 0 Å². The molecule has 4 rings (SSSR count). The van der Waals surface area contributed by atoms with Crippen LogP contribution in [-0.2, 0) is 0 Å². The van der Waals surface area contributed by atoms with Crippen molar-refractivity contribution in [1.29, 1.82) is 0 Å². The van der Waals surface area contributed by atoms with Crippen LogP contribution in [0.25, 0.3) is 5.65 Å². The molecule has 7 nitrogen and oxygen atoms in total. The zero-order valence-electron chi connectivity index (χ0n) is 16.2. The topological polar surface area (TPSA) is 83.8 Å². The largest absolute Gasteiger partial charge is 0.349 e. The number of carbonyl (C=O) groups is 2. The molecule has 0 bridgehead atoms. The van der Waals surface area contributed by atoms with Crippen molar-refractivity contribution in [2.75, 3.05) is 13.1 Å². The molecule has 1 fully saturated rings. The van der Waals surface area contributed by atoms with Crippen LogP contribution in [0.15, 0.2) is 59.7 Å². The highest BCUT2D eigenvalue weighted by atomic mass is 16.2. The van der Waals surface area contributed by atoms with Crippen LogP contribution in [0.5, 0.6) is 0 Å². The number of aromatic nitrogens is 2. The standard InChI is InChI=1S/C22H22N4O3/c1-15-7-8-19-23-13-18(22(29)26(19)14-15)21(28)25-11-9-17(10-12-25)24-20(27)16-5-3-2-4-6-16/h2-8,13-14,17H,9-12H2,1H3,(H,24,27). The smallest absolute Gasteiger partial charge is 0.270 e. The van der Waals surface area contributed by atoms with Crippen molar-refractivity contribution >= 4 is 17.5 Å². The van der Waals surface area contributed by atoms with Crippen LogP contribution >= 0.6 is 0 Å². The zero-order valence-corrected chi connectivity index (χ0v) is 16.2. The van der Waals surface area contributed by atoms with Gasteiger partial charge in [0.1, 0.15) is 11.2 Å². The van der Waals surface area contributed by atoms with Crippen LogP contribution in [-0.4, -0.2) is 45.2 Å². The summed E-state index contributed by atoms with van der Waals surface area (Å²) in [5.41, 5.74) is 1.76. The van der Waals surface area contributed by atoms with Gasteiger partial charge in [0.25, 0.3) is 17.4 Å². The van der Waals surface area contributed by atoms with E-state index in [0.29, 0.717) is 37.1 Å². The Balaban J connectivity index is 1.43. The third kappa shape index (κ3) is 3.89. The molecule has 0 aliphatic carbocycles. The molecule has 1 aromatic carbocycles. The first-order valence-corrected chi connectivity index (χ1v) is 9.66. The summed E-state index contributed by atoms with van der Waals surface area (Å²) < 4.78 is 1.41. The van der Waals surface area contributed by atoms with E-state index in [1.54, 1.807) is 29.3 Å². The van der Waals surface area contributed by atoms with E-state index < -0.39 is 0 Å². The Morgan fingerprint density at radius 3 is 2.52 bits per heavy atom. The van der Waals surface area contributed by atoms with Crippen molar-refractivity contribution < 1.29 is 9.59 Å². The normalized spacial score (nSPS) is 14.7. The molecule has 0 radical (unpaired) electrons. The SMILES string of the molecule is Cc1ccc2ncc(C(=O)N3CCC(NC(=O)c4ccccc4)CC3)c(=O)n2c1. The Labute approximate surface area is 168 Å². The lowest BCUT2D eigenvalue weighted by Crippen LogP contribution is -2.47. The second-order valence-electron chi connectivity index (χ2n) is 7.32. The number of benzene rings is 1. The van der Waals surface area contributed by atoms with E-state index in [-0.39, 0.29) is 29.0 Å². The minimum absolute atomic E-state index is 0.00484. The highest BCUT2D eigenvalue weighted by molar-refractivity contribution is 5.95. The van der Waals surface area contributed by atoms with Gasteiger partial charge >= 0.3 is 0 Å². The predicted octanol–water partition coefficient (Wildman–Crippen LogP) is 2.04. The molecule has 1 N–H and O–H groups in total. The number of pyridine rings is 1. The number of rotatable bonds is 3. The molecule has 3 heterocycles. The van der Waals surface area contributed by atoms with E-state index in [4.69, 9.17) is 0 Å². The number of nitrogens with one attached hydrogen (secondary N) is 1. The molecule has 3 aromatic rings. The van der Waals surface area contributed by atoms with Gasteiger partial charge in [-0.3, -0.25) is 18.8 Å². The van der Waals surface area contributed by atoms with E-state index in [0.717, 1.165) is 5.56 Å². The second-order valence-corrected chi connectivity index (χ2v) is 7.32. The third-order valence-electron chi connectivity index (χ3n) is 5.23. The van der Waals surface area contributed by atoms with Gasteiger partial charge in [-0.25, -0.2) is 4.98 Å². The van der Waals surface area contributed by atoms with Crippen LogP contribution < -0.4 is 10.9 Å². The van der Waals surface area contributed by atoms with E-state index in [1.165, 1.54) is 10.6 Å². The summed E-state index contributed by atoms with van der Waals surface area (Å²) in [5.74, 6) is -0.422. The number of fused-ring (bicyclic) bond motifs is 1. The quantitative estimate of drug-likeness (QED) is 0.742. The number of carbonyl (C=O) groups excluding carboxylic acids is 2. The first-order chi connectivity index (χ1) is 14.0. The molecule has 1 saturated heterocycles. The van der Waals surface area contributed by atoms with Crippen LogP contribution in [0.1, 0.15) is 39.1 Å². The van der Waals surface area contributed by atoms with Crippen molar-refractivity contribution in [1.82, 2.24) is 19.6 Å². The Bertz CT molecular complexity index is 1120. The monoisotopic (exact) mass is 390 g/mol. The molecule has 29 heavy (non-hydrogen) atoms. The highest BCUT2D eigenvalue weighted by Crippen LogP contribution is 2.14. The number of nitrogens with zero attached hydrogens (tertiary/aromatic N) is 3. The summed E-state index contributed by atoms with van der Waals surface area (Å²) in [6.45, 7) is 2.85. The Morgan fingerprint density at radius 2 is 1.79 bits per heavy atom. The lowest BCUT2D eigenvalue weighted by molar-refractivity contribution is 0.0696. The summed E-state index contributed by atoms with van der Waals surface area (Å²) in [7, 11) is 0. The second kappa shape index (κ2) is 7.87. The maximum atomic E-state index is 12.9. The summed E-state index contributed by atoms with van der Waals surface area (Å²) >= 11 is 0. The maximum absolute atomic E-state index is 12.9. The van der Waals surface area contributed by atoms with Crippen LogP contribution in [0.4, 0.5) is 0 Å². The fourth-order valence-electron chi connectivity index (χ4n) is 3.58. The van der Waals surface area contributed by atoms with Gasteiger partial charge < -0.3 is 10.2 Å². The van der Waals surface area contributed by atoms with Crippen LogP contribution in [0.2, 0.25) is 0 Å². The first-order valence-electron chi connectivity index (χ1n) is 9.66. The summed E-state index contributed by atoms with van der Waals surface area (Å²) in [6, 6.07) is 12.7. The molecule has 1 aliphatic heterocycles. The van der Waals surface area contributed by atoms with Gasteiger partial charge in [0.2, 0.25) is 0 Å². The van der Waals surface area contributed by atoms with Crippen LogP contribution in [0.3, 0.4) is 0 Å². The van der Waals surface area contributed by atoms with Crippen molar-refractivity contribution in [2.24, 2.45) is 0 Å². The molecule has 1 aliphatic rings. The average molecular weight is 390 g/mol. The molecule has 0 atom stereocenters. The molecule has 2 aromatic heterocycles. The lowest BCUT2D eigenvalue weighted by Gasteiger charge is -2.32. The fraction of sp³-hybridized carbons (Fsp3) is 0.273. The average Bonchev–Trinajstić information content (AvgIpc) is 2.75. The molecule has 0 spiro atoms. The first kappa shape index (κ1) is 18.9. The fourth-order valence-corrected chi connectivity index (χ4v) is 3.58. The van der Waals surface area contributed by atoms with Gasteiger partial charge in [0.05, 0.1) is 0 Å². The molecule has 148 valence electrons. The Kier molecular flexibility index (Phi) is 5.12. The van der Waals surface area contributed by atoms with E-state index in [2.05, 4.69) is 10.3 Å². The van der Waals surface area contributed by atoms with Gasteiger partial charge in [-0.15, -0.1) is 0 Å². The van der Waals surface area contributed by atoms with Crippen molar-refractivity contribution in [3.05, 3.63) is 81.9 Å². The summed E-state index contributed by atoms with van der Waals surface area (Å²) in [5, 5.41) is 3.02. The van der Waals surface area contributed by atoms with E-state index in [9.17, 15) is 14.4 Å². The van der Waals surface area contributed by atoms with Crippen molar-refractivity contribution in [2.45, 2.75) is 25.8 Å². The number of hydrogen-bond donors (Lipinski definition) is 1. The molecular formula is C22H22N4O3. The summed E-state index contributed by atoms with van der Waals surface area (Å²) in [6.07, 6.45) is 4.34. The lowest BCUT2D eigenvalue weighted by atomic mass is 10.0. The zero-order chi connectivity index (χ0) is 20.4. The minimum Gasteiger partial charge on any atom is -0.349 e. The maximum Gasteiger partial charge on any atom is 0.270 e. The van der Waals surface area contributed by atoms with E-state index in [1.807, 2.05) is 31.2 Å². The number of hydrogen-bond acceptors (Lipinski definition) is 4. The highest BCUT2D eigenvalue weighted by Gasteiger charge is 2.26. The van der Waals surface area contributed by atoms with Crippen LogP contribution in [0, 0.1) is 6.92 Å². The van der Waals surface area contributed by atoms with E-state index >= 15 is 0 Å².